The SMILES string of the molecule is CN=C(NCc1ccc(C(=O)NCC(N)=O)cc1)N1CCN(c2cccc(Cl)c2)CC1. The smallest absolute Gasteiger partial charge is 0.251 e. The number of halogens is 1. The van der Waals surface area contributed by atoms with Crippen molar-refractivity contribution in [3.05, 3.63) is 64.7 Å². The molecule has 1 heterocycles. The zero-order valence-electron chi connectivity index (χ0n) is 17.5. The molecular weight excluding hydrogens is 416 g/mol. The molecule has 2 aromatic carbocycles. The monoisotopic (exact) mass is 442 g/mol. The molecule has 1 fully saturated rings. The number of amides is 2. The first-order valence-corrected chi connectivity index (χ1v) is 10.5. The van der Waals surface area contributed by atoms with Crippen molar-refractivity contribution in [1.29, 1.82) is 0 Å². The molecule has 3 rings (SSSR count). The van der Waals surface area contributed by atoms with Crippen LogP contribution in [0.3, 0.4) is 0 Å². The van der Waals surface area contributed by atoms with E-state index in [0.29, 0.717) is 12.1 Å². The van der Waals surface area contributed by atoms with Crippen molar-refractivity contribution in [3.63, 3.8) is 0 Å². The summed E-state index contributed by atoms with van der Waals surface area (Å²) in [5.74, 6) is -0.0605. The van der Waals surface area contributed by atoms with Crippen molar-refractivity contribution < 1.29 is 9.59 Å². The van der Waals surface area contributed by atoms with Gasteiger partial charge in [0.1, 0.15) is 0 Å². The molecule has 0 unspecified atom stereocenters. The summed E-state index contributed by atoms with van der Waals surface area (Å²) in [6, 6.07) is 15.1. The molecule has 0 atom stereocenters. The summed E-state index contributed by atoms with van der Waals surface area (Å²) in [4.78, 5) is 31.7. The number of benzene rings is 2. The van der Waals surface area contributed by atoms with E-state index in [0.717, 1.165) is 48.4 Å². The van der Waals surface area contributed by atoms with E-state index >= 15 is 0 Å². The third-order valence-electron chi connectivity index (χ3n) is 5.05. The zero-order chi connectivity index (χ0) is 22.2. The Morgan fingerprint density at radius 3 is 2.39 bits per heavy atom. The maximum atomic E-state index is 12.0. The number of guanidine groups is 1. The van der Waals surface area contributed by atoms with E-state index in [1.165, 1.54) is 0 Å². The van der Waals surface area contributed by atoms with Gasteiger partial charge in [-0.25, -0.2) is 0 Å². The number of nitrogens with one attached hydrogen (secondary N) is 2. The maximum absolute atomic E-state index is 12.0. The van der Waals surface area contributed by atoms with Crippen LogP contribution in [0.4, 0.5) is 5.69 Å². The molecule has 2 amide bonds. The second-order valence-corrected chi connectivity index (χ2v) is 7.64. The minimum atomic E-state index is -0.575. The first-order chi connectivity index (χ1) is 15.0. The summed E-state index contributed by atoms with van der Waals surface area (Å²) in [7, 11) is 1.78. The van der Waals surface area contributed by atoms with Crippen LogP contribution >= 0.6 is 11.6 Å². The van der Waals surface area contributed by atoms with Gasteiger partial charge in [0, 0.05) is 56.0 Å². The molecule has 2 aromatic rings. The molecule has 4 N–H and O–H groups in total. The molecule has 0 bridgehead atoms. The molecule has 164 valence electrons. The number of nitrogens with zero attached hydrogens (tertiary/aromatic N) is 3. The summed E-state index contributed by atoms with van der Waals surface area (Å²) in [6.07, 6.45) is 0. The lowest BCUT2D eigenvalue weighted by atomic mass is 10.1. The topological polar surface area (TPSA) is 103 Å². The molecule has 31 heavy (non-hydrogen) atoms. The summed E-state index contributed by atoms with van der Waals surface area (Å²) in [5, 5.41) is 6.60. The van der Waals surface area contributed by atoms with Gasteiger partial charge in [0.05, 0.1) is 6.54 Å². The van der Waals surface area contributed by atoms with Crippen LogP contribution in [0, 0.1) is 0 Å². The normalized spacial score (nSPS) is 14.3. The van der Waals surface area contributed by atoms with Gasteiger partial charge in [-0.05, 0) is 35.9 Å². The number of piperazine rings is 1. The van der Waals surface area contributed by atoms with Crippen LogP contribution in [-0.2, 0) is 11.3 Å². The van der Waals surface area contributed by atoms with E-state index in [-0.39, 0.29) is 12.5 Å². The molecule has 1 aliphatic heterocycles. The minimum absolute atomic E-state index is 0.178. The molecule has 1 saturated heterocycles. The van der Waals surface area contributed by atoms with E-state index in [9.17, 15) is 9.59 Å². The van der Waals surface area contributed by atoms with Crippen molar-refractivity contribution in [1.82, 2.24) is 15.5 Å². The number of rotatable bonds is 6. The fourth-order valence-electron chi connectivity index (χ4n) is 3.41. The van der Waals surface area contributed by atoms with Gasteiger partial charge < -0.3 is 26.2 Å². The number of hydrogen-bond acceptors (Lipinski definition) is 4. The Morgan fingerprint density at radius 2 is 1.77 bits per heavy atom. The lowest BCUT2D eigenvalue weighted by Gasteiger charge is -2.37. The van der Waals surface area contributed by atoms with Crippen LogP contribution in [0.25, 0.3) is 0 Å². The second kappa shape index (κ2) is 10.7. The highest BCUT2D eigenvalue weighted by atomic mass is 35.5. The second-order valence-electron chi connectivity index (χ2n) is 7.20. The lowest BCUT2D eigenvalue weighted by Crippen LogP contribution is -2.52. The molecule has 9 heteroatoms. The van der Waals surface area contributed by atoms with Gasteiger partial charge in [-0.2, -0.15) is 0 Å². The predicted octanol–water partition coefficient (Wildman–Crippen LogP) is 1.45. The Hall–Kier alpha value is -3.26. The van der Waals surface area contributed by atoms with Gasteiger partial charge >= 0.3 is 0 Å². The molecule has 8 nitrogen and oxygen atoms in total. The molecule has 0 aromatic heterocycles. The number of nitrogens with two attached hydrogens (primary N) is 1. The number of hydrogen-bond donors (Lipinski definition) is 3. The van der Waals surface area contributed by atoms with Crippen molar-refractivity contribution in [2.24, 2.45) is 10.7 Å². The predicted molar refractivity (Wildman–Crippen MR) is 123 cm³/mol. The molecule has 0 spiro atoms. The molecule has 0 aliphatic carbocycles. The number of carbonyl (C=O) groups excluding carboxylic acids is 2. The zero-order valence-corrected chi connectivity index (χ0v) is 18.2. The molecule has 0 saturated carbocycles. The molecule has 1 aliphatic rings. The Bertz CT molecular complexity index is 939. The van der Waals surface area contributed by atoms with Crippen molar-refractivity contribution in [2.45, 2.75) is 6.54 Å². The third-order valence-corrected chi connectivity index (χ3v) is 5.29. The van der Waals surface area contributed by atoms with E-state index in [4.69, 9.17) is 17.3 Å². The van der Waals surface area contributed by atoms with Crippen LogP contribution in [0.15, 0.2) is 53.5 Å². The summed E-state index contributed by atoms with van der Waals surface area (Å²) in [6.45, 7) is 3.88. The van der Waals surface area contributed by atoms with Crippen molar-refractivity contribution >= 4 is 35.1 Å². The number of anilines is 1. The quantitative estimate of drug-likeness (QED) is 0.464. The van der Waals surface area contributed by atoms with E-state index in [1.54, 1.807) is 19.2 Å². The summed E-state index contributed by atoms with van der Waals surface area (Å²) in [5.41, 5.74) is 7.67. The highest BCUT2D eigenvalue weighted by molar-refractivity contribution is 6.30. The Balaban J connectivity index is 1.49. The van der Waals surface area contributed by atoms with E-state index in [2.05, 4.69) is 31.5 Å². The van der Waals surface area contributed by atoms with Crippen LogP contribution in [0.1, 0.15) is 15.9 Å². The highest BCUT2D eigenvalue weighted by Gasteiger charge is 2.20. The van der Waals surface area contributed by atoms with Crippen molar-refractivity contribution in [2.75, 3.05) is 44.7 Å². The highest BCUT2D eigenvalue weighted by Crippen LogP contribution is 2.20. The fourth-order valence-corrected chi connectivity index (χ4v) is 3.59. The molecule has 0 radical (unpaired) electrons. The van der Waals surface area contributed by atoms with Crippen molar-refractivity contribution in [3.8, 4) is 0 Å². The summed E-state index contributed by atoms with van der Waals surface area (Å²) >= 11 is 6.11. The van der Waals surface area contributed by atoms with Gasteiger partial charge in [-0.15, -0.1) is 0 Å². The maximum Gasteiger partial charge on any atom is 0.251 e. The van der Waals surface area contributed by atoms with Crippen LogP contribution in [0.5, 0.6) is 0 Å². The minimum Gasteiger partial charge on any atom is -0.368 e. The number of aliphatic imine (C=N–C) groups is 1. The lowest BCUT2D eigenvalue weighted by molar-refractivity contribution is -0.117. The number of carbonyl (C=O) groups is 2. The average molecular weight is 443 g/mol. The Labute approximate surface area is 187 Å². The first kappa shape index (κ1) is 22.4. The Morgan fingerprint density at radius 1 is 1.06 bits per heavy atom. The van der Waals surface area contributed by atoms with Gasteiger partial charge in [-0.3, -0.25) is 14.6 Å². The fraction of sp³-hybridized carbons (Fsp3) is 0.318. The average Bonchev–Trinajstić information content (AvgIpc) is 2.78. The van der Waals surface area contributed by atoms with Crippen LogP contribution < -0.4 is 21.3 Å². The Kier molecular flexibility index (Phi) is 7.72. The van der Waals surface area contributed by atoms with Gasteiger partial charge in [0.25, 0.3) is 5.91 Å². The number of primary amides is 1. The van der Waals surface area contributed by atoms with Gasteiger partial charge in [-0.1, -0.05) is 29.8 Å². The largest absolute Gasteiger partial charge is 0.368 e. The third kappa shape index (κ3) is 6.36. The van der Waals surface area contributed by atoms with Crippen LogP contribution in [-0.4, -0.2) is 62.4 Å². The standard InChI is InChI=1S/C22H27ClN6O2/c1-25-22(29-11-9-28(10-12-29)19-4-2-3-18(23)13-19)27-14-16-5-7-17(8-6-16)21(31)26-15-20(24)30/h2-8,13H,9-12,14-15H2,1H3,(H2,24,30)(H,25,27)(H,26,31). The van der Waals surface area contributed by atoms with Gasteiger partial charge in [0.15, 0.2) is 5.96 Å². The van der Waals surface area contributed by atoms with Crippen LogP contribution in [0.2, 0.25) is 5.02 Å². The first-order valence-electron chi connectivity index (χ1n) is 10.1. The summed E-state index contributed by atoms with van der Waals surface area (Å²) < 4.78 is 0. The van der Waals surface area contributed by atoms with Gasteiger partial charge in [0.2, 0.25) is 5.91 Å². The van der Waals surface area contributed by atoms with E-state index in [1.807, 2.05) is 30.3 Å². The van der Waals surface area contributed by atoms with E-state index < -0.39 is 5.91 Å². The molecular formula is C22H27ClN6O2.